The lowest BCUT2D eigenvalue weighted by molar-refractivity contribution is 0.343. The molecule has 0 heteroatoms. The third-order valence-corrected chi connectivity index (χ3v) is 5.90. The number of hydrogen-bond acceptors (Lipinski definition) is 0. The maximum Gasteiger partial charge on any atom is -0.0125 e. The first-order chi connectivity index (χ1) is 11.3. The van der Waals surface area contributed by atoms with E-state index in [-0.39, 0.29) is 0 Å². The van der Waals surface area contributed by atoms with Crippen LogP contribution < -0.4 is 0 Å². The van der Waals surface area contributed by atoms with E-state index >= 15 is 0 Å². The van der Waals surface area contributed by atoms with Crippen molar-refractivity contribution >= 4 is 10.8 Å². The summed E-state index contributed by atoms with van der Waals surface area (Å²) in [5.41, 5.74) is 1.62. The standard InChI is InChI=1S/C23H32/c1-3-4-10-18(2)17-23(20-12-5-6-13-20)22-16-9-14-19-11-7-8-15-21(19)22/h7-9,11,14-16,18,20,23H,3-6,10,12-13,17H2,1-2H3. The minimum atomic E-state index is 0.760. The number of unbranched alkanes of at least 4 members (excludes halogenated alkanes) is 1. The Labute approximate surface area is 142 Å². The molecule has 0 aliphatic heterocycles. The van der Waals surface area contributed by atoms with Gasteiger partial charge >= 0.3 is 0 Å². The van der Waals surface area contributed by atoms with Crippen LogP contribution in [0.3, 0.4) is 0 Å². The van der Waals surface area contributed by atoms with E-state index in [0.717, 1.165) is 17.8 Å². The molecule has 0 spiro atoms. The second-order valence-corrected chi connectivity index (χ2v) is 7.70. The van der Waals surface area contributed by atoms with E-state index < -0.39 is 0 Å². The van der Waals surface area contributed by atoms with Crippen LogP contribution in [-0.2, 0) is 0 Å². The highest BCUT2D eigenvalue weighted by molar-refractivity contribution is 5.86. The normalized spacial score (nSPS) is 18.3. The van der Waals surface area contributed by atoms with Crippen LogP contribution in [0.2, 0.25) is 0 Å². The molecule has 2 aromatic rings. The van der Waals surface area contributed by atoms with Crippen LogP contribution >= 0.6 is 0 Å². The molecule has 1 aliphatic rings. The van der Waals surface area contributed by atoms with Crippen LogP contribution in [0.15, 0.2) is 42.5 Å². The van der Waals surface area contributed by atoms with Crippen molar-refractivity contribution in [2.45, 2.75) is 71.1 Å². The zero-order valence-corrected chi connectivity index (χ0v) is 14.9. The second-order valence-electron chi connectivity index (χ2n) is 7.70. The van der Waals surface area contributed by atoms with Crippen molar-refractivity contribution < 1.29 is 0 Å². The van der Waals surface area contributed by atoms with E-state index in [1.807, 2.05) is 0 Å². The Bertz CT molecular complexity index is 601. The molecule has 1 aliphatic carbocycles. The summed E-state index contributed by atoms with van der Waals surface area (Å²) in [5.74, 6) is 2.51. The Balaban J connectivity index is 1.90. The van der Waals surface area contributed by atoms with Crippen LogP contribution in [0.1, 0.15) is 76.7 Å². The van der Waals surface area contributed by atoms with Crippen molar-refractivity contribution in [2.24, 2.45) is 11.8 Å². The molecule has 2 aromatic carbocycles. The average Bonchev–Trinajstić information content (AvgIpc) is 3.12. The molecule has 1 saturated carbocycles. The lowest BCUT2D eigenvalue weighted by Gasteiger charge is -2.28. The van der Waals surface area contributed by atoms with Crippen molar-refractivity contribution in [3.05, 3.63) is 48.0 Å². The molecule has 0 heterocycles. The first-order valence-corrected chi connectivity index (χ1v) is 9.77. The molecule has 1 fully saturated rings. The molecule has 0 aromatic heterocycles. The van der Waals surface area contributed by atoms with E-state index in [1.54, 1.807) is 5.56 Å². The van der Waals surface area contributed by atoms with Crippen LogP contribution in [-0.4, -0.2) is 0 Å². The molecule has 0 amide bonds. The molecular weight excluding hydrogens is 276 g/mol. The predicted octanol–water partition coefficient (Wildman–Crippen LogP) is 7.33. The summed E-state index contributed by atoms with van der Waals surface area (Å²) in [4.78, 5) is 0. The Hall–Kier alpha value is -1.30. The monoisotopic (exact) mass is 308 g/mol. The number of rotatable bonds is 7. The van der Waals surface area contributed by atoms with Crippen LogP contribution in [0.4, 0.5) is 0 Å². The zero-order valence-electron chi connectivity index (χ0n) is 14.9. The highest BCUT2D eigenvalue weighted by Gasteiger charge is 2.28. The fourth-order valence-electron chi connectivity index (χ4n) is 4.61. The minimum Gasteiger partial charge on any atom is -0.0654 e. The number of benzene rings is 2. The van der Waals surface area contributed by atoms with E-state index in [0.29, 0.717) is 0 Å². The smallest absolute Gasteiger partial charge is 0.0125 e. The quantitative estimate of drug-likeness (QED) is 0.502. The van der Waals surface area contributed by atoms with Gasteiger partial charge in [-0.05, 0) is 53.4 Å². The van der Waals surface area contributed by atoms with Crippen LogP contribution in [0.25, 0.3) is 10.8 Å². The topological polar surface area (TPSA) is 0 Å². The summed E-state index contributed by atoms with van der Waals surface area (Å²) in [6, 6.07) is 15.9. The molecule has 23 heavy (non-hydrogen) atoms. The van der Waals surface area contributed by atoms with Gasteiger partial charge in [-0.15, -0.1) is 0 Å². The maximum absolute atomic E-state index is 2.47. The predicted molar refractivity (Wildman–Crippen MR) is 102 cm³/mol. The van der Waals surface area contributed by atoms with Gasteiger partial charge in [0, 0.05) is 0 Å². The fraction of sp³-hybridized carbons (Fsp3) is 0.565. The third-order valence-electron chi connectivity index (χ3n) is 5.90. The highest BCUT2D eigenvalue weighted by atomic mass is 14.3. The van der Waals surface area contributed by atoms with Crippen LogP contribution in [0.5, 0.6) is 0 Å². The maximum atomic E-state index is 2.47. The molecule has 2 unspecified atom stereocenters. The van der Waals surface area contributed by atoms with Gasteiger partial charge in [-0.1, -0.05) is 88.4 Å². The third kappa shape index (κ3) is 3.97. The van der Waals surface area contributed by atoms with E-state index in [4.69, 9.17) is 0 Å². The van der Waals surface area contributed by atoms with E-state index in [1.165, 1.54) is 62.1 Å². The van der Waals surface area contributed by atoms with E-state index in [9.17, 15) is 0 Å². The van der Waals surface area contributed by atoms with Crippen molar-refractivity contribution in [1.82, 2.24) is 0 Å². The SMILES string of the molecule is CCCCC(C)CC(c1cccc2ccccc12)C1CCCC1. The van der Waals surface area contributed by atoms with Gasteiger partial charge in [0.2, 0.25) is 0 Å². The van der Waals surface area contributed by atoms with Gasteiger partial charge in [-0.2, -0.15) is 0 Å². The molecular formula is C23H32. The lowest BCUT2D eigenvalue weighted by Crippen LogP contribution is -2.14. The number of fused-ring (bicyclic) bond motifs is 1. The molecule has 2 atom stereocenters. The molecule has 0 nitrogen and oxygen atoms in total. The summed E-state index contributed by atoms with van der Waals surface area (Å²) in [6.07, 6.45) is 11.2. The Morgan fingerprint density at radius 3 is 2.52 bits per heavy atom. The highest BCUT2D eigenvalue weighted by Crippen LogP contribution is 2.43. The van der Waals surface area contributed by atoms with Crippen LogP contribution in [0, 0.1) is 11.8 Å². The Morgan fingerprint density at radius 2 is 1.74 bits per heavy atom. The first kappa shape index (κ1) is 16.6. The molecule has 0 saturated heterocycles. The summed E-state index contributed by atoms with van der Waals surface area (Å²) < 4.78 is 0. The van der Waals surface area contributed by atoms with Crippen molar-refractivity contribution in [1.29, 1.82) is 0 Å². The van der Waals surface area contributed by atoms with Gasteiger partial charge in [0.25, 0.3) is 0 Å². The van der Waals surface area contributed by atoms with Gasteiger partial charge < -0.3 is 0 Å². The second kappa shape index (κ2) is 7.99. The minimum absolute atomic E-state index is 0.760. The van der Waals surface area contributed by atoms with Crippen molar-refractivity contribution in [3.8, 4) is 0 Å². The number of hydrogen-bond donors (Lipinski definition) is 0. The molecule has 0 radical (unpaired) electrons. The Kier molecular flexibility index (Phi) is 5.75. The van der Waals surface area contributed by atoms with Gasteiger partial charge in [-0.3, -0.25) is 0 Å². The lowest BCUT2D eigenvalue weighted by atomic mass is 9.77. The largest absolute Gasteiger partial charge is 0.0654 e. The summed E-state index contributed by atoms with van der Waals surface area (Å²) in [7, 11) is 0. The molecule has 124 valence electrons. The first-order valence-electron chi connectivity index (χ1n) is 9.77. The average molecular weight is 309 g/mol. The van der Waals surface area contributed by atoms with Gasteiger partial charge in [-0.25, -0.2) is 0 Å². The van der Waals surface area contributed by atoms with E-state index in [2.05, 4.69) is 56.3 Å². The summed E-state index contributed by atoms with van der Waals surface area (Å²) >= 11 is 0. The van der Waals surface area contributed by atoms with Crippen molar-refractivity contribution in [2.75, 3.05) is 0 Å². The van der Waals surface area contributed by atoms with Gasteiger partial charge in [0.15, 0.2) is 0 Å². The Morgan fingerprint density at radius 1 is 1.00 bits per heavy atom. The van der Waals surface area contributed by atoms with Gasteiger partial charge in [0.1, 0.15) is 0 Å². The molecule has 0 bridgehead atoms. The van der Waals surface area contributed by atoms with Crippen molar-refractivity contribution in [3.63, 3.8) is 0 Å². The summed E-state index contributed by atoms with van der Waals surface area (Å²) in [6.45, 7) is 4.79. The molecule has 0 N–H and O–H groups in total. The molecule has 3 rings (SSSR count). The fourth-order valence-corrected chi connectivity index (χ4v) is 4.61. The zero-order chi connectivity index (χ0) is 16.1. The summed E-state index contributed by atoms with van der Waals surface area (Å²) in [5, 5.41) is 2.91. The van der Waals surface area contributed by atoms with Gasteiger partial charge in [0.05, 0.1) is 0 Å².